The number of rotatable bonds is 8. The van der Waals surface area contributed by atoms with Crippen LogP contribution in [0.15, 0.2) is 59.1 Å². The van der Waals surface area contributed by atoms with Gasteiger partial charge in [-0.15, -0.1) is 0 Å². The maximum atomic E-state index is 13.4. The molecular formula is C30H37N3O4. The lowest BCUT2D eigenvalue weighted by Crippen LogP contribution is -2.50. The fraction of sp³-hybridized carbons (Fsp3) is 0.500. The Balaban J connectivity index is 1.37. The van der Waals surface area contributed by atoms with Gasteiger partial charge in [-0.2, -0.15) is 4.98 Å². The van der Waals surface area contributed by atoms with Gasteiger partial charge in [0.2, 0.25) is 0 Å². The summed E-state index contributed by atoms with van der Waals surface area (Å²) in [5.41, 5.74) is 1.21. The van der Waals surface area contributed by atoms with E-state index in [1.807, 2.05) is 69.9 Å². The molecule has 2 atom stereocenters. The standard InChI is InChI=1S/C30H37N3O4/c1-20(2)35-23-14-12-22(13-15-23)26-31-27(32-37-26)30(16-9-17-30)19-33(28(34)36-29(3,4)5)25-18-24(25)21-10-7-6-8-11-21/h6-8,10-15,20,24-25H,9,16-19H2,1-5H3/t24?,25-/m0/s1. The van der Waals surface area contributed by atoms with Crippen LogP contribution in [0.4, 0.5) is 4.79 Å². The van der Waals surface area contributed by atoms with Gasteiger partial charge < -0.3 is 18.9 Å². The number of benzene rings is 2. The van der Waals surface area contributed by atoms with E-state index >= 15 is 0 Å². The van der Waals surface area contributed by atoms with Crippen molar-refractivity contribution in [1.29, 1.82) is 0 Å². The maximum Gasteiger partial charge on any atom is 0.410 e. The summed E-state index contributed by atoms with van der Waals surface area (Å²) in [7, 11) is 0. The molecule has 1 heterocycles. The van der Waals surface area contributed by atoms with Gasteiger partial charge in [-0.25, -0.2) is 4.79 Å². The summed E-state index contributed by atoms with van der Waals surface area (Å²) >= 11 is 0. The second-order valence-corrected chi connectivity index (χ2v) is 11.7. The quantitative estimate of drug-likeness (QED) is 0.339. The molecule has 7 nitrogen and oxygen atoms in total. The van der Waals surface area contributed by atoms with Crippen molar-refractivity contribution in [3.63, 3.8) is 0 Å². The number of amides is 1. The lowest BCUT2D eigenvalue weighted by atomic mass is 9.67. The van der Waals surface area contributed by atoms with E-state index < -0.39 is 5.60 Å². The topological polar surface area (TPSA) is 77.7 Å². The van der Waals surface area contributed by atoms with Crippen molar-refractivity contribution in [2.75, 3.05) is 6.54 Å². The summed E-state index contributed by atoms with van der Waals surface area (Å²) in [5.74, 6) is 2.27. The van der Waals surface area contributed by atoms with Crippen LogP contribution in [0.3, 0.4) is 0 Å². The molecule has 196 valence electrons. The Morgan fingerprint density at radius 3 is 2.41 bits per heavy atom. The van der Waals surface area contributed by atoms with Gasteiger partial charge in [0.15, 0.2) is 5.82 Å². The third kappa shape index (κ3) is 5.65. The summed E-state index contributed by atoms with van der Waals surface area (Å²) in [6, 6.07) is 18.2. The second kappa shape index (κ2) is 9.84. The minimum Gasteiger partial charge on any atom is -0.491 e. The van der Waals surface area contributed by atoms with Gasteiger partial charge in [-0.3, -0.25) is 0 Å². The predicted molar refractivity (Wildman–Crippen MR) is 142 cm³/mol. The average Bonchev–Trinajstić information content (AvgIpc) is 3.45. The maximum absolute atomic E-state index is 13.4. The van der Waals surface area contributed by atoms with E-state index in [1.54, 1.807) is 0 Å². The molecule has 1 amide bonds. The summed E-state index contributed by atoms with van der Waals surface area (Å²) in [6.45, 7) is 10.3. The van der Waals surface area contributed by atoms with E-state index in [1.165, 1.54) is 5.56 Å². The van der Waals surface area contributed by atoms with Gasteiger partial charge >= 0.3 is 6.09 Å². The minimum absolute atomic E-state index is 0.106. The molecule has 0 spiro atoms. The van der Waals surface area contributed by atoms with E-state index in [-0.39, 0.29) is 23.7 Å². The number of carbonyl (C=O) groups excluding carboxylic acids is 1. The lowest BCUT2D eigenvalue weighted by Gasteiger charge is -2.43. The summed E-state index contributed by atoms with van der Waals surface area (Å²) < 4.78 is 17.3. The highest BCUT2D eigenvalue weighted by Gasteiger charge is 2.52. The smallest absolute Gasteiger partial charge is 0.410 e. The van der Waals surface area contributed by atoms with Crippen LogP contribution < -0.4 is 4.74 Å². The van der Waals surface area contributed by atoms with Crippen LogP contribution in [0, 0.1) is 0 Å². The van der Waals surface area contributed by atoms with Crippen molar-refractivity contribution in [3.05, 3.63) is 66.0 Å². The molecule has 0 saturated heterocycles. The first kappa shape index (κ1) is 25.3. The van der Waals surface area contributed by atoms with Crippen LogP contribution in [-0.4, -0.2) is 45.4 Å². The third-order valence-corrected chi connectivity index (χ3v) is 7.17. The van der Waals surface area contributed by atoms with Crippen molar-refractivity contribution in [1.82, 2.24) is 15.0 Å². The summed E-state index contributed by atoms with van der Waals surface area (Å²) in [6.07, 6.45) is 3.67. The molecule has 5 rings (SSSR count). The Morgan fingerprint density at radius 2 is 1.81 bits per heavy atom. The highest BCUT2D eigenvalue weighted by molar-refractivity contribution is 5.70. The average molecular weight is 504 g/mol. The lowest BCUT2D eigenvalue weighted by molar-refractivity contribution is 0.0123. The predicted octanol–water partition coefficient (Wildman–Crippen LogP) is 6.74. The Bertz CT molecular complexity index is 1210. The van der Waals surface area contributed by atoms with Crippen molar-refractivity contribution in [3.8, 4) is 17.2 Å². The van der Waals surface area contributed by atoms with Crippen molar-refractivity contribution >= 4 is 6.09 Å². The number of aromatic nitrogens is 2. The van der Waals surface area contributed by atoms with Crippen molar-refractivity contribution < 1.29 is 18.8 Å². The zero-order valence-electron chi connectivity index (χ0n) is 22.4. The highest BCUT2D eigenvalue weighted by atomic mass is 16.6. The molecule has 3 aromatic rings. The van der Waals surface area contributed by atoms with Gasteiger partial charge in [-0.05, 0) is 83.7 Å². The molecule has 2 aliphatic rings. The van der Waals surface area contributed by atoms with Crippen LogP contribution in [0.25, 0.3) is 11.5 Å². The van der Waals surface area contributed by atoms with E-state index in [0.29, 0.717) is 24.2 Å². The number of hydrogen-bond donors (Lipinski definition) is 0. The van der Waals surface area contributed by atoms with Crippen LogP contribution in [0.1, 0.15) is 77.6 Å². The molecule has 1 aromatic heterocycles. The molecule has 0 N–H and O–H groups in total. The van der Waals surface area contributed by atoms with E-state index in [4.69, 9.17) is 19.0 Å². The van der Waals surface area contributed by atoms with E-state index in [9.17, 15) is 4.79 Å². The largest absolute Gasteiger partial charge is 0.491 e. The minimum atomic E-state index is -0.565. The molecule has 2 fully saturated rings. The normalized spacial score (nSPS) is 20.3. The molecule has 7 heteroatoms. The second-order valence-electron chi connectivity index (χ2n) is 11.7. The Kier molecular flexibility index (Phi) is 6.73. The Hall–Kier alpha value is -3.35. The molecule has 2 saturated carbocycles. The number of carbonyl (C=O) groups is 1. The monoisotopic (exact) mass is 503 g/mol. The first-order valence-electron chi connectivity index (χ1n) is 13.3. The zero-order chi connectivity index (χ0) is 26.2. The molecule has 0 bridgehead atoms. The van der Waals surface area contributed by atoms with Crippen LogP contribution >= 0.6 is 0 Å². The first-order valence-corrected chi connectivity index (χ1v) is 13.3. The van der Waals surface area contributed by atoms with Crippen LogP contribution in [-0.2, 0) is 10.2 Å². The number of ether oxygens (including phenoxy) is 2. The number of nitrogens with zero attached hydrogens (tertiary/aromatic N) is 3. The molecule has 2 aliphatic carbocycles. The fourth-order valence-electron chi connectivity index (χ4n) is 5.11. The first-order chi connectivity index (χ1) is 17.6. The fourth-order valence-corrected chi connectivity index (χ4v) is 5.11. The van der Waals surface area contributed by atoms with Crippen molar-refractivity contribution in [2.45, 2.75) is 89.4 Å². The zero-order valence-corrected chi connectivity index (χ0v) is 22.4. The Morgan fingerprint density at radius 1 is 1.11 bits per heavy atom. The summed E-state index contributed by atoms with van der Waals surface area (Å²) in [4.78, 5) is 20.2. The van der Waals surface area contributed by atoms with Gasteiger partial charge in [0.1, 0.15) is 11.4 Å². The molecular weight excluding hydrogens is 466 g/mol. The molecule has 0 radical (unpaired) electrons. The van der Waals surface area contributed by atoms with E-state index in [0.717, 1.165) is 37.0 Å². The van der Waals surface area contributed by atoms with Crippen LogP contribution in [0.5, 0.6) is 5.75 Å². The molecule has 2 aromatic carbocycles. The SMILES string of the molecule is CC(C)Oc1ccc(-c2nc(C3(CN(C(=O)OC(C)(C)C)[C@H]4CC4c4ccccc4)CCC3)no2)cc1. The molecule has 0 aliphatic heterocycles. The summed E-state index contributed by atoms with van der Waals surface area (Å²) in [5, 5.41) is 4.41. The number of hydrogen-bond acceptors (Lipinski definition) is 6. The van der Waals surface area contributed by atoms with Crippen LogP contribution in [0.2, 0.25) is 0 Å². The highest BCUT2D eigenvalue weighted by Crippen LogP contribution is 2.49. The van der Waals surface area contributed by atoms with Crippen molar-refractivity contribution in [2.24, 2.45) is 0 Å². The van der Waals surface area contributed by atoms with E-state index in [2.05, 4.69) is 29.4 Å². The van der Waals surface area contributed by atoms with Gasteiger partial charge in [-0.1, -0.05) is 41.9 Å². The van der Waals surface area contributed by atoms with Gasteiger partial charge in [0.05, 0.1) is 11.5 Å². The third-order valence-electron chi connectivity index (χ3n) is 7.17. The Labute approximate surface area is 219 Å². The van der Waals surface area contributed by atoms with Gasteiger partial charge in [0.25, 0.3) is 5.89 Å². The van der Waals surface area contributed by atoms with Gasteiger partial charge in [0, 0.05) is 24.1 Å². The molecule has 37 heavy (non-hydrogen) atoms. The molecule has 1 unspecified atom stereocenters.